The highest BCUT2D eigenvalue weighted by atomic mass is 16.7. The van der Waals surface area contributed by atoms with Crippen molar-refractivity contribution < 1.29 is 24.2 Å². The lowest BCUT2D eigenvalue weighted by molar-refractivity contribution is -0.146. The molecule has 16 heavy (non-hydrogen) atoms. The molecule has 0 radical (unpaired) electrons. The molecule has 0 atom stereocenters. The monoisotopic (exact) mass is 220 g/mol. The number of ketones is 1. The van der Waals surface area contributed by atoms with Crippen molar-refractivity contribution in [2.24, 2.45) is 0 Å². The Labute approximate surface area is 90.9 Å². The average molecular weight is 220 g/mol. The molecule has 1 aromatic rings. The molecule has 0 aliphatic carbocycles. The Balaban J connectivity index is 2.17. The summed E-state index contributed by atoms with van der Waals surface area (Å²) in [6.45, 7) is 0.177. The van der Waals surface area contributed by atoms with E-state index in [-0.39, 0.29) is 6.79 Å². The van der Waals surface area contributed by atoms with Crippen LogP contribution in [0.25, 0.3) is 6.08 Å². The number of hydrogen-bond acceptors (Lipinski definition) is 4. The number of rotatable bonds is 3. The largest absolute Gasteiger partial charge is 0.475 e. The van der Waals surface area contributed by atoms with Crippen LogP contribution in [0.5, 0.6) is 11.5 Å². The highest BCUT2D eigenvalue weighted by molar-refractivity contribution is 6.38. The molecule has 5 heteroatoms. The van der Waals surface area contributed by atoms with Crippen LogP contribution in [0.4, 0.5) is 0 Å². The number of benzene rings is 1. The van der Waals surface area contributed by atoms with Gasteiger partial charge in [0.15, 0.2) is 11.5 Å². The molecule has 82 valence electrons. The molecular weight excluding hydrogens is 212 g/mol. The summed E-state index contributed by atoms with van der Waals surface area (Å²) in [4.78, 5) is 21.1. The van der Waals surface area contributed by atoms with Gasteiger partial charge in [0, 0.05) is 0 Å². The first-order valence-electron chi connectivity index (χ1n) is 4.52. The predicted octanol–water partition coefficient (Wildman–Crippen LogP) is 1.08. The van der Waals surface area contributed by atoms with Crippen LogP contribution in [0.15, 0.2) is 24.3 Å². The van der Waals surface area contributed by atoms with Crippen LogP contribution in [0.3, 0.4) is 0 Å². The topological polar surface area (TPSA) is 72.8 Å². The summed E-state index contributed by atoms with van der Waals surface area (Å²) in [6.07, 6.45) is 2.41. The maximum Gasteiger partial charge on any atom is 0.376 e. The molecule has 0 spiro atoms. The molecule has 0 saturated carbocycles. The van der Waals surface area contributed by atoms with Gasteiger partial charge in [0.25, 0.3) is 5.78 Å². The van der Waals surface area contributed by atoms with Gasteiger partial charge >= 0.3 is 5.97 Å². The lowest BCUT2D eigenvalue weighted by atomic mass is 10.2. The van der Waals surface area contributed by atoms with Crippen molar-refractivity contribution in [3.63, 3.8) is 0 Å². The van der Waals surface area contributed by atoms with Crippen molar-refractivity contribution in [3.8, 4) is 11.5 Å². The Morgan fingerprint density at radius 1 is 1.25 bits per heavy atom. The average Bonchev–Trinajstić information content (AvgIpc) is 2.72. The second-order valence-corrected chi connectivity index (χ2v) is 3.12. The van der Waals surface area contributed by atoms with Gasteiger partial charge in [-0.05, 0) is 23.8 Å². The predicted molar refractivity (Wildman–Crippen MR) is 54.2 cm³/mol. The van der Waals surface area contributed by atoms with Crippen molar-refractivity contribution in [2.75, 3.05) is 6.79 Å². The van der Waals surface area contributed by atoms with Crippen molar-refractivity contribution in [1.29, 1.82) is 0 Å². The highest BCUT2D eigenvalue weighted by Crippen LogP contribution is 2.32. The first kappa shape index (κ1) is 10.2. The van der Waals surface area contributed by atoms with Crippen molar-refractivity contribution in [1.82, 2.24) is 0 Å². The lowest BCUT2D eigenvalue weighted by Gasteiger charge is -1.96. The molecule has 5 nitrogen and oxygen atoms in total. The Bertz CT molecular complexity index is 475. The minimum atomic E-state index is -1.48. The third-order valence-corrected chi connectivity index (χ3v) is 2.03. The number of carboxylic acid groups (broad SMARTS) is 1. The number of carbonyl (C=O) groups excluding carboxylic acids is 1. The molecular formula is C11H8O5. The second-order valence-electron chi connectivity index (χ2n) is 3.12. The van der Waals surface area contributed by atoms with Crippen LogP contribution >= 0.6 is 0 Å². The molecule has 1 aliphatic heterocycles. The van der Waals surface area contributed by atoms with E-state index in [1.54, 1.807) is 18.2 Å². The number of fused-ring (bicyclic) bond motifs is 1. The molecule has 1 aromatic carbocycles. The summed E-state index contributed by atoms with van der Waals surface area (Å²) >= 11 is 0. The summed E-state index contributed by atoms with van der Waals surface area (Å²) in [6, 6.07) is 5.08. The summed E-state index contributed by atoms with van der Waals surface area (Å²) in [7, 11) is 0. The maximum atomic E-state index is 10.8. The van der Waals surface area contributed by atoms with Gasteiger partial charge in [-0.2, -0.15) is 0 Å². The van der Waals surface area contributed by atoms with Crippen LogP contribution < -0.4 is 9.47 Å². The SMILES string of the molecule is O=C(O)C(=O)C=Cc1ccc2c(c1)OCO2. The maximum absolute atomic E-state index is 10.8. The van der Waals surface area contributed by atoms with E-state index in [1.165, 1.54) is 6.08 Å². The van der Waals surface area contributed by atoms with Gasteiger partial charge in [-0.1, -0.05) is 12.1 Å². The van der Waals surface area contributed by atoms with E-state index in [1.807, 2.05) is 0 Å². The van der Waals surface area contributed by atoms with E-state index in [2.05, 4.69) is 0 Å². The molecule has 0 aromatic heterocycles. The Kier molecular flexibility index (Phi) is 2.59. The fourth-order valence-corrected chi connectivity index (χ4v) is 1.26. The van der Waals surface area contributed by atoms with Gasteiger partial charge < -0.3 is 14.6 Å². The number of hydrogen-bond donors (Lipinski definition) is 1. The van der Waals surface area contributed by atoms with Crippen LogP contribution in [-0.2, 0) is 9.59 Å². The van der Waals surface area contributed by atoms with Gasteiger partial charge in [-0.3, -0.25) is 4.79 Å². The third-order valence-electron chi connectivity index (χ3n) is 2.03. The summed E-state index contributed by atoms with van der Waals surface area (Å²) < 4.78 is 10.2. The normalized spacial score (nSPS) is 13.0. The minimum Gasteiger partial charge on any atom is -0.475 e. The fraction of sp³-hybridized carbons (Fsp3) is 0.0909. The van der Waals surface area contributed by atoms with E-state index < -0.39 is 11.8 Å². The summed E-state index contributed by atoms with van der Waals surface area (Å²) in [5.41, 5.74) is 0.679. The zero-order chi connectivity index (χ0) is 11.5. The fourth-order valence-electron chi connectivity index (χ4n) is 1.26. The van der Waals surface area contributed by atoms with Crippen molar-refractivity contribution >= 4 is 17.8 Å². The van der Waals surface area contributed by atoms with E-state index in [4.69, 9.17) is 14.6 Å². The standard InChI is InChI=1S/C11H8O5/c12-8(11(13)14)3-1-7-2-4-9-10(5-7)16-6-15-9/h1-5H,6H2,(H,13,14). The molecule has 1 N–H and O–H groups in total. The highest BCUT2D eigenvalue weighted by Gasteiger charge is 2.12. The zero-order valence-corrected chi connectivity index (χ0v) is 8.17. The molecule has 1 heterocycles. The van der Waals surface area contributed by atoms with E-state index in [0.29, 0.717) is 17.1 Å². The summed E-state index contributed by atoms with van der Waals surface area (Å²) in [5.74, 6) is -1.21. The Morgan fingerprint density at radius 2 is 2.00 bits per heavy atom. The number of carbonyl (C=O) groups is 2. The van der Waals surface area contributed by atoms with Gasteiger partial charge in [0.05, 0.1) is 0 Å². The number of aliphatic carboxylic acids is 1. The molecule has 1 aliphatic rings. The van der Waals surface area contributed by atoms with Crippen LogP contribution in [-0.4, -0.2) is 23.7 Å². The molecule has 2 rings (SSSR count). The number of ether oxygens (including phenoxy) is 2. The van der Waals surface area contributed by atoms with E-state index in [9.17, 15) is 9.59 Å². The molecule has 0 fully saturated rings. The first-order chi connectivity index (χ1) is 7.66. The quantitative estimate of drug-likeness (QED) is 0.609. The van der Waals surface area contributed by atoms with Crippen LogP contribution in [0, 0.1) is 0 Å². The molecule has 0 bridgehead atoms. The van der Waals surface area contributed by atoms with Crippen LogP contribution in [0.1, 0.15) is 5.56 Å². The molecule has 0 saturated heterocycles. The van der Waals surface area contributed by atoms with Gasteiger partial charge in [0.2, 0.25) is 6.79 Å². The zero-order valence-electron chi connectivity index (χ0n) is 8.17. The van der Waals surface area contributed by atoms with Gasteiger partial charge in [0.1, 0.15) is 0 Å². The number of carboxylic acids is 1. The van der Waals surface area contributed by atoms with Gasteiger partial charge in [-0.15, -0.1) is 0 Å². The minimum absolute atomic E-state index is 0.177. The molecule has 0 amide bonds. The smallest absolute Gasteiger partial charge is 0.376 e. The van der Waals surface area contributed by atoms with Crippen LogP contribution in [0.2, 0.25) is 0 Å². The Hall–Kier alpha value is -2.30. The van der Waals surface area contributed by atoms with Gasteiger partial charge in [-0.25, -0.2) is 4.79 Å². The van der Waals surface area contributed by atoms with E-state index in [0.717, 1.165) is 6.08 Å². The summed E-state index contributed by atoms with van der Waals surface area (Å²) in [5, 5.41) is 8.37. The van der Waals surface area contributed by atoms with Crippen molar-refractivity contribution in [3.05, 3.63) is 29.8 Å². The molecule has 0 unspecified atom stereocenters. The lowest BCUT2D eigenvalue weighted by Crippen LogP contribution is -2.08. The third kappa shape index (κ3) is 2.03. The first-order valence-corrected chi connectivity index (χ1v) is 4.52. The van der Waals surface area contributed by atoms with E-state index >= 15 is 0 Å². The van der Waals surface area contributed by atoms with Crippen molar-refractivity contribution in [2.45, 2.75) is 0 Å². The Morgan fingerprint density at radius 3 is 2.75 bits per heavy atom. The second kappa shape index (κ2) is 4.06.